The second-order valence-corrected chi connectivity index (χ2v) is 16.0. The first-order chi connectivity index (χ1) is 28.4. The van der Waals surface area contributed by atoms with Crippen LogP contribution in [-0.2, 0) is 45.1 Å². The second kappa shape index (κ2) is 14.8. The molecule has 4 atom stereocenters. The molecule has 11 nitrogen and oxygen atoms in total. The van der Waals surface area contributed by atoms with E-state index >= 15 is 0 Å². The molecular formula is C49H48N6O5. The van der Waals surface area contributed by atoms with Crippen LogP contribution in [0.3, 0.4) is 0 Å². The van der Waals surface area contributed by atoms with Crippen molar-refractivity contribution in [3.8, 4) is 0 Å². The van der Waals surface area contributed by atoms with Crippen LogP contribution < -0.4 is 5.32 Å². The molecule has 304 valence electrons. The first kappa shape index (κ1) is 38.8. The minimum Gasteiger partial charge on any atom is -0.376 e. The smallest absolute Gasteiger partial charge is 0.239 e. The number of nitrogens with one attached hydrogen (secondary N) is 3. The van der Waals surface area contributed by atoms with E-state index < -0.39 is 30.4 Å². The molecule has 4 aliphatic rings. The van der Waals surface area contributed by atoms with Gasteiger partial charge in [-0.3, -0.25) is 29.4 Å². The van der Waals surface area contributed by atoms with Crippen LogP contribution in [-0.4, -0.2) is 59.5 Å². The first-order valence-corrected chi connectivity index (χ1v) is 20.1. The van der Waals surface area contributed by atoms with Crippen LogP contribution in [0.5, 0.6) is 0 Å². The summed E-state index contributed by atoms with van der Waals surface area (Å²) in [5.74, 6) is -3.44. The number of H-pyrrole nitrogens is 2. The lowest BCUT2D eigenvalue weighted by Crippen LogP contribution is -2.31. The van der Waals surface area contributed by atoms with Crippen LogP contribution in [0.1, 0.15) is 84.7 Å². The third kappa shape index (κ3) is 5.66. The summed E-state index contributed by atoms with van der Waals surface area (Å²) in [6.07, 6.45) is 12.1. The number of carbonyl (C=O) groups excluding carboxylic acids is 4. The zero-order valence-corrected chi connectivity index (χ0v) is 31.6. The van der Waals surface area contributed by atoms with E-state index in [0.717, 1.165) is 98.5 Å². The molecule has 4 amide bonds. The predicted octanol–water partition coefficient (Wildman–Crippen LogP) is 8.12. The van der Waals surface area contributed by atoms with E-state index in [2.05, 4.69) is 54.9 Å². The van der Waals surface area contributed by atoms with Crippen molar-refractivity contribution in [3.05, 3.63) is 143 Å². The summed E-state index contributed by atoms with van der Waals surface area (Å²) in [4.78, 5) is 59.9. The minimum atomic E-state index is -0.663. The number of likely N-dealkylation sites (tertiary alicyclic amines) is 1. The third-order valence-corrected chi connectivity index (χ3v) is 13.0. The molecule has 8 heterocycles. The Hall–Kier alpha value is -6.72. The molecule has 0 spiro atoms. The fraction of sp³-hybridized carbons (Fsp3) is 0.265. The molecule has 4 aromatic carbocycles. The van der Waals surface area contributed by atoms with Gasteiger partial charge in [-0.05, 0) is 71.2 Å². The topological polar surface area (TPSA) is 145 Å². The van der Waals surface area contributed by atoms with Gasteiger partial charge in [0.1, 0.15) is 6.73 Å². The highest BCUT2D eigenvalue weighted by atomic mass is 16.3. The monoisotopic (exact) mass is 800 g/mol. The quantitative estimate of drug-likeness (QED) is 0.130. The minimum absolute atomic E-state index is 0. The number of hydrogen-bond donors (Lipinski definition) is 4. The largest absolute Gasteiger partial charge is 0.376 e. The van der Waals surface area contributed by atoms with Crippen molar-refractivity contribution in [1.29, 1.82) is 0 Å². The Morgan fingerprint density at radius 1 is 0.533 bits per heavy atom. The fourth-order valence-corrected chi connectivity index (χ4v) is 10.5. The summed E-state index contributed by atoms with van der Waals surface area (Å²) in [6, 6.07) is 28.2. The molecule has 4 unspecified atom stereocenters. The van der Waals surface area contributed by atoms with Gasteiger partial charge in [0, 0.05) is 70.5 Å². The molecule has 12 rings (SSSR count). The average molecular weight is 801 g/mol. The van der Waals surface area contributed by atoms with Crippen molar-refractivity contribution >= 4 is 67.2 Å². The molecule has 8 aromatic rings. The molecule has 2 fully saturated rings. The Morgan fingerprint density at radius 3 is 1.48 bits per heavy atom. The van der Waals surface area contributed by atoms with Gasteiger partial charge in [-0.25, -0.2) is 0 Å². The number of aromatic amines is 2. The van der Waals surface area contributed by atoms with Crippen molar-refractivity contribution in [2.45, 2.75) is 77.3 Å². The lowest BCUT2D eigenvalue weighted by Gasteiger charge is -2.15. The molecule has 2 saturated heterocycles. The molecular weight excluding hydrogens is 753 g/mol. The van der Waals surface area contributed by atoms with Crippen LogP contribution in [0.25, 0.3) is 43.6 Å². The van der Waals surface area contributed by atoms with E-state index in [4.69, 9.17) is 0 Å². The summed E-state index contributed by atoms with van der Waals surface area (Å²) in [5.41, 5.74) is 10.4. The maximum atomic E-state index is 13.4. The van der Waals surface area contributed by atoms with Gasteiger partial charge in [-0.1, -0.05) is 87.6 Å². The first-order valence-electron chi connectivity index (χ1n) is 20.1. The maximum absolute atomic E-state index is 13.4. The predicted molar refractivity (Wildman–Crippen MR) is 234 cm³/mol. The molecule has 0 aliphatic carbocycles. The number of amides is 4. The number of fused-ring (bicyclic) bond motifs is 2. The highest BCUT2D eigenvalue weighted by Gasteiger charge is 2.51. The van der Waals surface area contributed by atoms with E-state index in [1.165, 1.54) is 22.2 Å². The van der Waals surface area contributed by atoms with Crippen molar-refractivity contribution in [2.75, 3.05) is 6.73 Å². The van der Waals surface area contributed by atoms with Gasteiger partial charge in [-0.15, -0.1) is 0 Å². The SMILES string of the molecule is C.C.O=C1C(c2c[nH]c3ccccc23)C(c2cn3c4c(cccc24)CCC3)C(=O)N1CO.O=C1NC(=O)C(c2cn3c4c(cccc24)CCC3)C1c1c[nH]c2ccccc12. The van der Waals surface area contributed by atoms with Crippen LogP contribution in [0.15, 0.2) is 110 Å². The van der Waals surface area contributed by atoms with E-state index in [1.54, 1.807) is 0 Å². The van der Waals surface area contributed by atoms with Gasteiger partial charge in [0.25, 0.3) is 0 Å². The molecule has 4 aliphatic heterocycles. The van der Waals surface area contributed by atoms with Gasteiger partial charge in [0.05, 0.1) is 34.7 Å². The Balaban J connectivity index is 0.000000149. The molecule has 60 heavy (non-hydrogen) atoms. The molecule has 4 N–H and O–H groups in total. The van der Waals surface area contributed by atoms with Gasteiger partial charge in [0.15, 0.2) is 0 Å². The van der Waals surface area contributed by atoms with Gasteiger partial charge in [0.2, 0.25) is 23.6 Å². The lowest BCUT2D eigenvalue weighted by molar-refractivity contribution is -0.143. The number of nitrogens with zero attached hydrogens (tertiary/aromatic N) is 3. The van der Waals surface area contributed by atoms with Gasteiger partial charge < -0.3 is 24.2 Å². The fourth-order valence-electron chi connectivity index (χ4n) is 10.5. The second-order valence-electron chi connectivity index (χ2n) is 16.0. The molecule has 0 saturated carbocycles. The number of carbonyl (C=O) groups is 4. The van der Waals surface area contributed by atoms with Gasteiger partial charge in [-0.2, -0.15) is 0 Å². The van der Waals surface area contributed by atoms with Crippen LogP contribution in [0.4, 0.5) is 0 Å². The standard InChI is InChI=1S/C24H21N3O3.C23H19N3O2.2CH4/c28-13-27-23(29)20(17-11-25-19-9-2-1-7-15(17)19)21(24(27)30)18-12-26-10-4-6-14-5-3-8-16(18)22(14)26;27-22-19(16-11-24-18-9-2-1-7-14(16)18)20(23(28)25-22)17-12-26-10-4-6-13-5-3-8-15(17)21(13)26;;/h1-3,5,7-9,11-12,20-21,25,28H,4,6,10,13H2;1-3,5,7-9,11-12,19-20,24H,4,6,10H2,(H,25,27,28);2*1H4. The molecule has 11 heteroatoms. The summed E-state index contributed by atoms with van der Waals surface area (Å²) < 4.78 is 4.47. The van der Waals surface area contributed by atoms with Crippen LogP contribution >= 0.6 is 0 Å². The zero-order chi connectivity index (χ0) is 39.2. The maximum Gasteiger partial charge on any atom is 0.239 e. The van der Waals surface area contributed by atoms with E-state index in [1.807, 2.05) is 79.3 Å². The van der Waals surface area contributed by atoms with E-state index in [-0.39, 0.29) is 38.5 Å². The molecule has 0 radical (unpaired) electrons. The van der Waals surface area contributed by atoms with E-state index in [0.29, 0.717) is 0 Å². The van der Waals surface area contributed by atoms with Crippen LogP contribution in [0, 0.1) is 0 Å². The number of aryl methyl sites for hydroxylation is 4. The summed E-state index contributed by atoms with van der Waals surface area (Å²) in [5, 5.41) is 16.4. The number of imide groups is 2. The molecule has 4 aromatic heterocycles. The summed E-state index contributed by atoms with van der Waals surface area (Å²) in [7, 11) is 0. The highest BCUT2D eigenvalue weighted by molar-refractivity contribution is 6.14. The Kier molecular flexibility index (Phi) is 9.59. The Bertz CT molecular complexity index is 3020. The van der Waals surface area contributed by atoms with Gasteiger partial charge >= 0.3 is 0 Å². The highest BCUT2D eigenvalue weighted by Crippen LogP contribution is 2.47. The van der Waals surface area contributed by atoms with Crippen molar-refractivity contribution in [1.82, 2.24) is 29.3 Å². The summed E-state index contributed by atoms with van der Waals surface area (Å²) >= 11 is 0. The van der Waals surface area contributed by atoms with Crippen LogP contribution in [0.2, 0.25) is 0 Å². The zero-order valence-electron chi connectivity index (χ0n) is 31.6. The number of hydrogen-bond acceptors (Lipinski definition) is 5. The average Bonchev–Trinajstić information content (AvgIpc) is 4.10. The Labute approximate surface area is 347 Å². The molecule has 0 bridgehead atoms. The number of benzene rings is 4. The number of rotatable bonds is 5. The summed E-state index contributed by atoms with van der Waals surface area (Å²) in [6.45, 7) is 1.26. The number of aromatic nitrogens is 4. The number of aliphatic hydroxyl groups is 1. The third-order valence-electron chi connectivity index (χ3n) is 13.0. The lowest BCUT2D eigenvalue weighted by atomic mass is 9.83. The number of aliphatic hydroxyl groups excluding tert-OH is 1. The normalized spacial score (nSPS) is 20.7. The van der Waals surface area contributed by atoms with Crippen molar-refractivity contribution in [2.24, 2.45) is 0 Å². The van der Waals surface area contributed by atoms with Crippen molar-refractivity contribution in [3.63, 3.8) is 0 Å². The van der Waals surface area contributed by atoms with Crippen molar-refractivity contribution < 1.29 is 24.3 Å². The number of para-hydroxylation sites is 4. The van der Waals surface area contributed by atoms with E-state index in [9.17, 15) is 24.3 Å². The Morgan fingerprint density at radius 2 is 0.967 bits per heavy atom.